The van der Waals surface area contributed by atoms with Gasteiger partial charge in [0.05, 0.1) is 40.6 Å². The number of hydrogen-bond donors (Lipinski definition) is 14. The van der Waals surface area contributed by atoms with Gasteiger partial charge in [-0.1, -0.05) is 6.07 Å². The fourth-order valence-electron chi connectivity index (χ4n) is 9.16. The summed E-state index contributed by atoms with van der Waals surface area (Å²) in [6.07, 6.45) is -24.8. The number of aliphatic hydroxyl groups excluding tert-OH is 9. The summed E-state index contributed by atoms with van der Waals surface area (Å²) in [5.74, 6) is -5.24. The Morgan fingerprint density at radius 3 is 1.52 bits per heavy atom. The summed E-state index contributed by atoms with van der Waals surface area (Å²) in [5.41, 5.74) is 0.539. The summed E-state index contributed by atoms with van der Waals surface area (Å²) < 4.78 is 73.7. The van der Waals surface area contributed by atoms with Gasteiger partial charge in [0.15, 0.2) is 53.0 Å². The second-order valence-corrected chi connectivity index (χ2v) is 19.2. The lowest BCUT2D eigenvalue weighted by atomic mass is 9.97. The smallest absolute Gasteiger partial charge is 0.330 e. The molecule has 0 spiro atoms. The number of aliphatic hydroxyl groups is 9. The van der Waals surface area contributed by atoms with Crippen LogP contribution in [0.25, 0.3) is 18.2 Å². The maximum Gasteiger partial charge on any atom is 0.330 e. The number of esters is 2. The molecule has 456 valence electrons. The van der Waals surface area contributed by atoms with E-state index >= 15 is 0 Å². The van der Waals surface area contributed by atoms with Gasteiger partial charge in [0, 0.05) is 29.8 Å². The molecule has 16 atom stereocenters. The van der Waals surface area contributed by atoms with Crippen LogP contribution in [0.2, 0.25) is 0 Å². The summed E-state index contributed by atoms with van der Waals surface area (Å²) in [6, 6.07) is 11.1. The van der Waals surface area contributed by atoms with Crippen molar-refractivity contribution in [1.82, 2.24) is 0 Å². The van der Waals surface area contributed by atoms with Gasteiger partial charge in [-0.2, -0.15) is 0 Å². The number of aromatic hydroxyl groups is 5. The molecule has 0 aliphatic carbocycles. The number of benzene rings is 4. The topological polar surface area (TPSA) is 437 Å². The van der Waals surface area contributed by atoms with Crippen LogP contribution in [0.15, 0.2) is 72.5 Å². The van der Waals surface area contributed by atoms with Crippen LogP contribution in [-0.2, 0) is 42.7 Å². The number of phenolic OH excluding ortho intramolecular Hbond substituents is 5. The van der Waals surface area contributed by atoms with E-state index in [2.05, 4.69) is 0 Å². The molecule has 0 radical (unpaired) electrons. The molecule has 4 aliphatic rings. The lowest BCUT2D eigenvalue weighted by Crippen LogP contribution is -2.64. The van der Waals surface area contributed by atoms with Gasteiger partial charge in [0.2, 0.25) is 24.1 Å². The highest BCUT2D eigenvalue weighted by molar-refractivity contribution is 5.88. The largest absolute Gasteiger partial charge is 0.508 e. The lowest BCUT2D eigenvalue weighted by Gasteiger charge is -2.46. The Hall–Kier alpha value is -7.88. The monoisotopic (exact) mass is 1190 g/mol. The minimum Gasteiger partial charge on any atom is -0.508 e. The second-order valence-electron chi connectivity index (χ2n) is 19.2. The fourth-order valence-corrected chi connectivity index (χ4v) is 9.16. The SMILES string of the molecule is COc1cc(C=CC(=O)OCC2OC(OC3C(OC4=Cc5c(cc(O)cc5OC5OC(CO)C(O)C(O)C5O)OC4c4ccc(O)c(O)c4)OC(COC(=O)C=Cc4cc(OC)c(O)c(OC)c4)C(O)C3O)C(O)C(O)C2O)cc(OC)c1O. The molecule has 0 amide bonds. The lowest BCUT2D eigenvalue weighted by molar-refractivity contribution is -0.364. The maximum absolute atomic E-state index is 13.2. The van der Waals surface area contributed by atoms with Gasteiger partial charge in [-0.05, 0) is 65.8 Å². The van der Waals surface area contributed by atoms with Gasteiger partial charge in [-0.25, -0.2) is 9.59 Å². The second kappa shape index (κ2) is 26.8. The van der Waals surface area contributed by atoms with E-state index in [4.69, 9.17) is 61.6 Å². The first-order valence-electron chi connectivity index (χ1n) is 25.5. The number of carbonyl (C=O) groups excluding carboxylic acids is 2. The van der Waals surface area contributed by atoms with Gasteiger partial charge >= 0.3 is 11.9 Å². The van der Waals surface area contributed by atoms with Gasteiger partial charge in [-0.15, -0.1) is 0 Å². The molecular formula is C55H62O29. The first-order valence-corrected chi connectivity index (χ1v) is 25.5. The molecule has 4 aromatic carbocycles. The van der Waals surface area contributed by atoms with Crippen LogP contribution in [0.3, 0.4) is 0 Å². The predicted octanol–water partition coefficient (Wildman–Crippen LogP) is -0.928. The number of phenols is 5. The molecule has 84 heavy (non-hydrogen) atoms. The molecule has 14 N–H and O–H groups in total. The van der Waals surface area contributed by atoms with Crippen molar-refractivity contribution in [3.63, 3.8) is 0 Å². The van der Waals surface area contributed by atoms with E-state index in [0.717, 1.165) is 36.4 Å². The van der Waals surface area contributed by atoms with Gasteiger partial charge in [0.1, 0.15) is 103 Å². The van der Waals surface area contributed by atoms with Crippen LogP contribution < -0.4 is 28.4 Å². The Labute approximate surface area is 476 Å². The van der Waals surface area contributed by atoms with Gasteiger partial charge in [0.25, 0.3) is 0 Å². The normalized spacial score (nSPS) is 29.5. The third-order valence-corrected chi connectivity index (χ3v) is 13.7. The summed E-state index contributed by atoms with van der Waals surface area (Å²) in [7, 11) is 5.18. The van der Waals surface area contributed by atoms with Crippen LogP contribution in [-0.4, -0.2) is 224 Å². The average Bonchev–Trinajstić information content (AvgIpc) is 2.35. The molecular weight excluding hydrogens is 1120 g/mol. The van der Waals surface area contributed by atoms with Crippen molar-refractivity contribution in [2.75, 3.05) is 48.3 Å². The minimum atomic E-state index is -2.19. The van der Waals surface area contributed by atoms with Crippen LogP contribution in [0.4, 0.5) is 0 Å². The molecule has 3 saturated heterocycles. The third kappa shape index (κ3) is 13.5. The van der Waals surface area contributed by atoms with E-state index in [1.807, 2.05) is 0 Å². The van der Waals surface area contributed by atoms with Crippen LogP contribution in [0.5, 0.6) is 63.2 Å². The van der Waals surface area contributed by atoms with Crippen molar-refractivity contribution in [3.05, 3.63) is 94.8 Å². The van der Waals surface area contributed by atoms with Gasteiger partial charge < -0.3 is 133 Å². The van der Waals surface area contributed by atoms with Crippen molar-refractivity contribution < 1.29 is 143 Å². The zero-order valence-corrected chi connectivity index (χ0v) is 44.8. The molecule has 0 aromatic heterocycles. The van der Waals surface area contributed by atoms with Crippen molar-refractivity contribution in [1.29, 1.82) is 0 Å². The van der Waals surface area contributed by atoms with E-state index in [-0.39, 0.29) is 62.9 Å². The van der Waals surface area contributed by atoms with E-state index in [1.54, 1.807) is 0 Å². The Morgan fingerprint density at radius 1 is 0.524 bits per heavy atom. The molecule has 29 nitrogen and oxygen atoms in total. The minimum absolute atomic E-state index is 0.00950. The van der Waals surface area contributed by atoms with Crippen LogP contribution in [0, 0.1) is 0 Å². The fraction of sp³-hybridized carbons (Fsp3) is 0.418. The van der Waals surface area contributed by atoms with Crippen molar-refractivity contribution in [2.45, 2.75) is 98.2 Å². The molecule has 4 aromatic rings. The highest BCUT2D eigenvalue weighted by Gasteiger charge is 2.53. The zero-order chi connectivity index (χ0) is 60.8. The standard InChI is InChI=1S/C55H62O29/c1-72-31-11-22(12-32(73-2)41(31)62)5-9-39(60)76-20-37-44(65)47(68)50(71)54(82-37)84-52-48(69)45(66)38(21-77-40(61)10-6-23-13-33(74-3)42(63)34(14-23)75-4)83-55(52)80-35-18-26-29(78-51(35)24-7-8-27(58)28(59)15-24)16-25(57)17-30(26)79-53-49(70)46(67)43(64)36(19-56)81-53/h5-18,36-38,43-59,62-71H,19-21H2,1-4H3. The van der Waals surface area contributed by atoms with E-state index in [1.165, 1.54) is 77.0 Å². The molecule has 0 saturated carbocycles. The molecule has 16 unspecified atom stereocenters. The van der Waals surface area contributed by atoms with Crippen LogP contribution in [0.1, 0.15) is 28.4 Å². The number of methoxy groups -OCH3 is 4. The predicted molar refractivity (Wildman–Crippen MR) is 279 cm³/mol. The summed E-state index contributed by atoms with van der Waals surface area (Å²) >= 11 is 0. The zero-order valence-electron chi connectivity index (χ0n) is 44.8. The number of hydrogen-bond acceptors (Lipinski definition) is 29. The van der Waals surface area contributed by atoms with Crippen molar-refractivity contribution >= 4 is 30.2 Å². The summed E-state index contributed by atoms with van der Waals surface area (Å²) in [5, 5.41) is 151. The summed E-state index contributed by atoms with van der Waals surface area (Å²) in [6.45, 7) is -2.46. The number of ether oxygens (including phenoxy) is 13. The van der Waals surface area contributed by atoms with E-state index < -0.39 is 147 Å². The molecule has 0 bridgehead atoms. The Morgan fingerprint density at radius 2 is 1.01 bits per heavy atom. The molecule has 4 heterocycles. The van der Waals surface area contributed by atoms with Crippen molar-refractivity contribution in [2.24, 2.45) is 0 Å². The Kier molecular flexibility index (Phi) is 19.8. The number of fused-ring (bicyclic) bond motifs is 1. The quantitative estimate of drug-likeness (QED) is 0.0289. The first kappa shape index (κ1) is 62.2. The Balaban J connectivity index is 1.11. The van der Waals surface area contributed by atoms with Gasteiger partial charge in [-0.3, -0.25) is 0 Å². The molecule has 29 heteroatoms. The summed E-state index contributed by atoms with van der Waals surface area (Å²) in [4.78, 5) is 26.2. The van der Waals surface area contributed by atoms with E-state index in [0.29, 0.717) is 11.1 Å². The first-order chi connectivity index (χ1) is 40.1. The van der Waals surface area contributed by atoms with E-state index in [9.17, 15) is 81.1 Å². The van der Waals surface area contributed by atoms with Crippen LogP contribution >= 0.6 is 0 Å². The average molecular weight is 1190 g/mol. The third-order valence-electron chi connectivity index (χ3n) is 13.7. The highest BCUT2D eigenvalue weighted by atomic mass is 16.8. The number of carbonyl (C=O) groups is 2. The maximum atomic E-state index is 13.2. The number of rotatable bonds is 20. The molecule has 8 rings (SSSR count). The van der Waals surface area contributed by atoms with Crippen molar-refractivity contribution in [3.8, 4) is 63.2 Å². The Bertz CT molecular complexity index is 3020. The molecule has 4 aliphatic heterocycles. The molecule has 3 fully saturated rings. The highest BCUT2D eigenvalue weighted by Crippen LogP contribution is 2.47.